The SMILES string of the molecule is Cc1cccc(S(=O)(=O)[C@]2(F)CC[C@H](NC(=O)[C@@H]3CCCC[C@H]3N)CC2)c1. The Balaban J connectivity index is 1.63. The molecule has 150 valence electrons. The molecule has 0 radical (unpaired) electrons. The van der Waals surface area contributed by atoms with Crippen LogP contribution in [-0.4, -0.2) is 31.4 Å². The lowest BCUT2D eigenvalue weighted by molar-refractivity contribution is -0.127. The molecule has 3 N–H and O–H groups in total. The third-order valence-corrected chi connectivity index (χ3v) is 8.26. The topological polar surface area (TPSA) is 89.3 Å². The Hall–Kier alpha value is -1.47. The van der Waals surface area contributed by atoms with E-state index < -0.39 is 14.8 Å². The molecule has 0 spiro atoms. The van der Waals surface area contributed by atoms with Crippen molar-refractivity contribution in [2.75, 3.05) is 0 Å². The molecule has 0 saturated heterocycles. The maximum atomic E-state index is 15.4. The Labute approximate surface area is 160 Å². The zero-order valence-corrected chi connectivity index (χ0v) is 16.6. The van der Waals surface area contributed by atoms with Crippen molar-refractivity contribution >= 4 is 15.7 Å². The van der Waals surface area contributed by atoms with Gasteiger partial charge in [-0.2, -0.15) is 0 Å². The van der Waals surface area contributed by atoms with Crippen molar-refractivity contribution < 1.29 is 17.6 Å². The first-order valence-electron chi connectivity index (χ1n) is 9.79. The van der Waals surface area contributed by atoms with E-state index in [-0.39, 0.29) is 41.6 Å². The molecule has 2 aliphatic carbocycles. The summed E-state index contributed by atoms with van der Waals surface area (Å²) in [7, 11) is -4.06. The number of carbonyl (C=O) groups excluding carboxylic acids is 1. The average Bonchev–Trinajstić information content (AvgIpc) is 2.64. The van der Waals surface area contributed by atoms with Crippen molar-refractivity contribution in [3.8, 4) is 0 Å². The van der Waals surface area contributed by atoms with E-state index in [9.17, 15) is 13.2 Å². The predicted octanol–water partition coefficient (Wildman–Crippen LogP) is 3.01. The van der Waals surface area contributed by atoms with Gasteiger partial charge in [-0.15, -0.1) is 0 Å². The molecule has 1 aromatic carbocycles. The van der Waals surface area contributed by atoms with Crippen LogP contribution in [0.5, 0.6) is 0 Å². The minimum absolute atomic E-state index is 0.0284. The highest BCUT2D eigenvalue weighted by molar-refractivity contribution is 7.92. The van der Waals surface area contributed by atoms with Crippen LogP contribution in [0, 0.1) is 12.8 Å². The van der Waals surface area contributed by atoms with E-state index in [1.807, 2.05) is 0 Å². The van der Waals surface area contributed by atoms with E-state index in [1.165, 1.54) is 12.1 Å². The first kappa shape index (κ1) is 20.3. The maximum Gasteiger partial charge on any atom is 0.224 e. The van der Waals surface area contributed by atoms with E-state index in [2.05, 4.69) is 5.32 Å². The van der Waals surface area contributed by atoms with E-state index in [0.29, 0.717) is 12.8 Å². The zero-order valence-electron chi connectivity index (χ0n) is 15.8. The van der Waals surface area contributed by atoms with Gasteiger partial charge in [0.15, 0.2) is 0 Å². The van der Waals surface area contributed by atoms with Crippen LogP contribution >= 0.6 is 0 Å². The van der Waals surface area contributed by atoms with Gasteiger partial charge in [0.2, 0.25) is 20.7 Å². The second-order valence-electron chi connectivity index (χ2n) is 8.04. The van der Waals surface area contributed by atoms with Crippen LogP contribution in [0.3, 0.4) is 0 Å². The minimum Gasteiger partial charge on any atom is -0.353 e. The quantitative estimate of drug-likeness (QED) is 0.819. The number of alkyl halides is 1. The van der Waals surface area contributed by atoms with Crippen LogP contribution in [0.1, 0.15) is 56.9 Å². The minimum atomic E-state index is -4.06. The maximum absolute atomic E-state index is 15.4. The fourth-order valence-corrected chi connectivity index (χ4v) is 6.04. The number of hydrogen-bond acceptors (Lipinski definition) is 4. The number of nitrogens with two attached hydrogens (primary N) is 1. The summed E-state index contributed by atoms with van der Waals surface area (Å²) in [6.07, 6.45) is 4.11. The Morgan fingerprint density at radius 1 is 1.19 bits per heavy atom. The molecule has 2 atom stereocenters. The highest BCUT2D eigenvalue weighted by Crippen LogP contribution is 2.40. The van der Waals surface area contributed by atoms with Crippen LogP contribution in [0.25, 0.3) is 0 Å². The largest absolute Gasteiger partial charge is 0.353 e. The summed E-state index contributed by atoms with van der Waals surface area (Å²) < 4.78 is 41.0. The summed E-state index contributed by atoms with van der Waals surface area (Å²) in [5, 5.41) is 0.702. The first-order valence-corrected chi connectivity index (χ1v) is 11.3. The molecular weight excluding hydrogens is 367 g/mol. The van der Waals surface area contributed by atoms with Gasteiger partial charge in [-0.05, 0) is 63.1 Å². The van der Waals surface area contributed by atoms with Gasteiger partial charge in [0.05, 0.1) is 10.8 Å². The monoisotopic (exact) mass is 396 g/mol. The number of benzene rings is 1. The number of carbonyl (C=O) groups is 1. The number of nitrogens with one attached hydrogen (secondary N) is 1. The molecule has 27 heavy (non-hydrogen) atoms. The van der Waals surface area contributed by atoms with E-state index >= 15 is 4.39 Å². The van der Waals surface area contributed by atoms with Gasteiger partial charge in [0.25, 0.3) is 0 Å². The van der Waals surface area contributed by atoms with Crippen molar-refractivity contribution in [3.63, 3.8) is 0 Å². The van der Waals surface area contributed by atoms with Gasteiger partial charge in [-0.25, -0.2) is 12.8 Å². The van der Waals surface area contributed by atoms with E-state index in [1.54, 1.807) is 19.1 Å². The number of sulfone groups is 1. The summed E-state index contributed by atoms with van der Waals surface area (Å²) in [4.78, 5) is 12.5. The van der Waals surface area contributed by atoms with Crippen LogP contribution in [-0.2, 0) is 14.6 Å². The second-order valence-corrected chi connectivity index (χ2v) is 10.3. The number of amides is 1. The molecule has 2 fully saturated rings. The van der Waals surface area contributed by atoms with Gasteiger partial charge in [-0.3, -0.25) is 4.79 Å². The third kappa shape index (κ3) is 4.19. The van der Waals surface area contributed by atoms with Crippen LogP contribution in [0.15, 0.2) is 29.2 Å². The van der Waals surface area contributed by atoms with Gasteiger partial charge < -0.3 is 11.1 Å². The van der Waals surface area contributed by atoms with Crippen molar-refractivity contribution in [3.05, 3.63) is 29.8 Å². The fraction of sp³-hybridized carbons (Fsp3) is 0.650. The van der Waals surface area contributed by atoms with Crippen LogP contribution in [0.4, 0.5) is 4.39 Å². The first-order chi connectivity index (χ1) is 12.7. The summed E-state index contributed by atoms with van der Waals surface area (Å²) >= 11 is 0. The van der Waals surface area contributed by atoms with Crippen molar-refractivity contribution in [1.82, 2.24) is 5.32 Å². The van der Waals surface area contributed by atoms with Crippen molar-refractivity contribution in [2.45, 2.75) is 80.3 Å². The molecule has 2 aliphatic rings. The Kier molecular flexibility index (Phi) is 5.91. The average molecular weight is 397 g/mol. The molecule has 0 aliphatic heterocycles. The summed E-state index contributed by atoms with van der Waals surface area (Å²) in [6.45, 7) is 1.78. The van der Waals surface area contributed by atoms with Gasteiger partial charge in [0.1, 0.15) is 0 Å². The third-order valence-electron chi connectivity index (χ3n) is 6.02. The summed E-state index contributed by atoms with van der Waals surface area (Å²) in [5.41, 5.74) is 6.84. The number of aryl methyl sites for hydroxylation is 1. The summed E-state index contributed by atoms with van der Waals surface area (Å²) in [6, 6.07) is 6.06. The molecule has 1 aromatic rings. The Morgan fingerprint density at radius 3 is 2.48 bits per heavy atom. The number of halogens is 1. The zero-order chi connectivity index (χ0) is 19.7. The lowest BCUT2D eigenvalue weighted by atomic mass is 9.84. The molecule has 2 saturated carbocycles. The van der Waals surface area contributed by atoms with Crippen LogP contribution in [0.2, 0.25) is 0 Å². The Morgan fingerprint density at radius 2 is 1.85 bits per heavy atom. The standard InChI is InChI=1S/C20H29FN2O3S/c1-14-5-4-6-16(13-14)27(25,26)20(21)11-9-15(10-12-20)23-19(24)17-7-2-3-8-18(17)22/h4-6,13,15,17-18H,2-3,7-12,22H2,1H3,(H,23,24)/t15-,17-,18-,20+/m1/s1. The highest BCUT2D eigenvalue weighted by atomic mass is 32.2. The smallest absolute Gasteiger partial charge is 0.224 e. The van der Waals surface area contributed by atoms with Crippen molar-refractivity contribution in [1.29, 1.82) is 0 Å². The molecule has 0 unspecified atom stereocenters. The predicted molar refractivity (Wildman–Crippen MR) is 103 cm³/mol. The van der Waals surface area contributed by atoms with Gasteiger partial charge in [0, 0.05) is 12.1 Å². The normalized spacial score (nSPS) is 32.0. The number of hydrogen-bond donors (Lipinski definition) is 2. The molecule has 7 heteroatoms. The van der Waals surface area contributed by atoms with Crippen molar-refractivity contribution in [2.24, 2.45) is 11.7 Å². The molecule has 0 aromatic heterocycles. The molecule has 5 nitrogen and oxygen atoms in total. The molecule has 1 amide bonds. The van der Waals surface area contributed by atoms with E-state index in [0.717, 1.165) is 31.2 Å². The number of rotatable bonds is 4. The lowest BCUT2D eigenvalue weighted by Gasteiger charge is -2.35. The van der Waals surface area contributed by atoms with Crippen LogP contribution < -0.4 is 11.1 Å². The fourth-order valence-electron chi connectivity index (χ4n) is 4.25. The summed E-state index contributed by atoms with van der Waals surface area (Å²) in [5.74, 6) is -0.257. The molecule has 3 rings (SSSR count). The lowest BCUT2D eigenvalue weighted by Crippen LogP contribution is -2.49. The molecular formula is C20H29FN2O3S. The Bertz CT molecular complexity index is 788. The second kappa shape index (κ2) is 7.87. The molecule has 0 bridgehead atoms. The molecule has 0 heterocycles. The van der Waals surface area contributed by atoms with Gasteiger partial charge in [-0.1, -0.05) is 25.0 Å². The van der Waals surface area contributed by atoms with Gasteiger partial charge >= 0.3 is 0 Å². The highest BCUT2D eigenvalue weighted by Gasteiger charge is 2.48. The van der Waals surface area contributed by atoms with E-state index in [4.69, 9.17) is 5.73 Å².